The van der Waals surface area contributed by atoms with E-state index in [2.05, 4.69) is 27.3 Å². The van der Waals surface area contributed by atoms with E-state index >= 15 is 0 Å². The van der Waals surface area contributed by atoms with Gasteiger partial charge in [0.2, 0.25) is 0 Å². The number of aryl methyl sites for hydroxylation is 1. The van der Waals surface area contributed by atoms with Gasteiger partial charge >= 0.3 is 0 Å². The molecule has 1 N–H and O–H groups in total. The first-order chi connectivity index (χ1) is 9.65. The van der Waals surface area contributed by atoms with Crippen LogP contribution >= 0.6 is 15.9 Å². The van der Waals surface area contributed by atoms with Crippen LogP contribution in [0.25, 0.3) is 0 Å². The quantitative estimate of drug-likeness (QED) is 0.937. The first-order valence-corrected chi connectivity index (χ1v) is 7.28. The molecule has 1 aliphatic rings. The molecule has 0 fully saturated rings. The van der Waals surface area contributed by atoms with Crippen molar-refractivity contribution in [3.8, 4) is 5.75 Å². The molecule has 1 aliphatic heterocycles. The fraction of sp³-hybridized carbons (Fsp3) is 0.267. The van der Waals surface area contributed by atoms with E-state index in [1.807, 2.05) is 25.4 Å². The van der Waals surface area contributed by atoms with E-state index < -0.39 is 0 Å². The highest BCUT2D eigenvalue weighted by Gasteiger charge is 2.18. The Kier molecular flexibility index (Phi) is 3.53. The summed E-state index contributed by atoms with van der Waals surface area (Å²) in [4.78, 5) is 12.1. The van der Waals surface area contributed by atoms with Crippen LogP contribution in [0, 0.1) is 0 Å². The summed E-state index contributed by atoms with van der Waals surface area (Å²) in [6, 6.07) is 7.73. The van der Waals surface area contributed by atoms with Gasteiger partial charge < -0.3 is 14.6 Å². The first kappa shape index (κ1) is 13.2. The van der Waals surface area contributed by atoms with Gasteiger partial charge in [-0.1, -0.05) is 15.9 Å². The number of halogens is 1. The van der Waals surface area contributed by atoms with Gasteiger partial charge in [0.25, 0.3) is 5.91 Å². The number of amides is 1. The van der Waals surface area contributed by atoms with Crippen LogP contribution in [0.5, 0.6) is 5.75 Å². The number of hydrogen-bond donors (Lipinski definition) is 1. The maximum atomic E-state index is 12.1. The molecule has 0 atom stereocenters. The van der Waals surface area contributed by atoms with E-state index in [1.165, 1.54) is 5.56 Å². The lowest BCUT2D eigenvalue weighted by Crippen LogP contribution is -2.25. The molecule has 0 spiro atoms. The lowest BCUT2D eigenvalue weighted by atomic mass is 10.1. The van der Waals surface area contributed by atoms with Gasteiger partial charge in [-0.25, -0.2) is 0 Å². The number of aromatic nitrogens is 1. The number of hydrogen-bond acceptors (Lipinski definition) is 2. The second-order valence-electron chi connectivity index (χ2n) is 4.84. The minimum absolute atomic E-state index is 0.0794. The lowest BCUT2D eigenvalue weighted by Gasteiger charge is -2.10. The molecule has 5 heteroatoms. The molecule has 2 heterocycles. The van der Waals surface area contributed by atoms with Crippen LogP contribution in [0.15, 0.2) is 34.9 Å². The van der Waals surface area contributed by atoms with Crippen molar-refractivity contribution >= 4 is 21.8 Å². The van der Waals surface area contributed by atoms with Gasteiger partial charge in [0.1, 0.15) is 11.4 Å². The molecular weight excluding hydrogens is 320 g/mol. The third kappa shape index (κ3) is 2.45. The number of fused-ring (bicyclic) bond motifs is 1. The van der Waals surface area contributed by atoms with Crippen LogP contribution in [0.1, 0.15) is 21.6 Å². The first-order valence-electron chi connectivity index (χ1n) is 6.49. The second kappa shape index (κ2) is 5.32. The van der Waals surface area contributed by atoms with E-state index in [9.17, 15) is 4.79 Å². The number of ether oxygens (including phenoxy) is 1. The molecule has 2 aromatic rings. The number of rotatable bonds is 3. The summed E-state index contributed by atoms with van der Waals surface area (Å²) < 4.78 is 8.48. The Hall–Kier alpha value is -1.75. The van der Waals surface area contributed by atoms with Crippen molar-refractivity contribution in [1.82, 2.24) is 9.88 Å². The van der Waals surface area contributed by atoms with E-state index in [1.54, 1.807) is 10.6 Å². The minimum atomic E-state index is -0.0794. The van der Waals surface area contributed by atoms with Gasteiger partial charge in [-0.3, -0.25) is 4.79 Å². The van der Waals surface area contributed by atoms with Crippen LogP contribution in [0.3, 0.4) is 0 Å². The average molecular weight is 335 g/mol. The lowest BCUT2D eigenvalue weighted by molar-refractivity contribution is 0.0942. The van der Waals surface area contributed by atoms with E-state index in [-0.39, 0.29) is 5.91 Å². The van der Waals surface area contributed by atoms with Crippen molar-refractivity contribution in [3.05, 3.63) is 51.8 Å². The highest BCUT2D eigenvalue weighted by Crippen LogP contribution is 2.32. The van der Waals surface area contributed by atoms with Crippen LogP contribution in [0.2, 0.25) is 0 Å². The summed E-state index contributed by atoms with van der Waals surface area (Å²) in [5, 5.41) is 2.94. The van der Waals surface area contributed by atoms with Crippen LogP contribution < -0.4 is 10.1 Å². The maximum Gasteiger partial charge on any atom is 0.268 e. The zero-order chi connectivity index (χ0) is 14.1. The van der Waals surface area contributed by atoms with Gasteiger partial charge in [0.15, 0.2) is 0 Å². The Morgan fingerprint density at radius 2 is 2.35 bits per heavy atom. The Morgan fingerprint density at radius 1 is 1.50 bits per heavy atom. The summed E-state index contributed by atoms with van der Waals surface area (Å²) in [5.74, 6) is 0.838. The Labute approximate surface area is 125 Å². The Balaban J connectivity index is 1.76. The van der Waals surface area contributed by atoms with Crippen molar-refractivity contribution < 1.29 is 9.53 Å². The summed E-state index contributed by atoms with van der Waals surface area (Å²) >= 11 is 3.50. The normalized spacial score (nSPS) is 12.9. The third-order valence-corrected chi connectivity index (χ3v) is 3.90. The van der Waals surface area contributed by atoms with Crippen molar-refractivity contribution in [2.24, 2.45) is 7.05 Å². The standard InChI is InChI=1S/C15H15BrN2O2/c1-18-5-2-3-13(18)15(19)17-9-11-8-12(16)7-10-4-6-20-14(10)11/h2-3,5,7-8H,4,6,9H2,1H3,(H,17,19). The summed E-state index contributed by atoms with van der Waals surface area (Å²) in [6.07, 6.45) is 2.78. The van der Waals surface area contributed by atoms with Crippen LogP contribution in [0.4, 0.5) is 0 Å². The summed E-state index contributed by atoms with van der Waals surface area (Å²) in [5.41, 5.74) is 2.86. The molecule has 3 rings (SSSR count). The highest BCUT2D eigenvalue weighted by atomic mass is 79.9. The van der Waals surface area contributed by atoms with Gasteiger partial charge in [-0.2, -0.15) is 0 Å². The van der Waals surface area contributed by atoms with Crippen molar-refractivity contribution in [3.63, 3.8) is 0 Å². The molecule has 1 amide bonds. The molecule has 4 nitrogen and oxygen atoms in total. The van der Waals surface area contributed by atoms with Gasteiger partial charge in [0, 0.05) is 36.2 Å². The Morgan fingerprint density at radius 3 is 3.10 bits per heavy atom. The predicted octanol–water partition coefficient (Wildman–Crippen LogP) is 2.65. The fourth-order valence-corrected chi connectivity index (χ4v) is 2.99. The average Bonchev–Trinajstić information content (AvgIpc) is 3.03. The molecule has 20 heavy (non-hydrogen) atoms. The summed E-state index contributed by atoms with van der Waals surface area (Å²) in [7, 11) is 1.86. The molecule has 0 bridgehead atoms. The van der Waals surface area contributed by atoms with Crippen molar-refractivity contribution in [2.45, 2.75) is 13.0 Å². The predicted molar refractivity (Wildman–Crippen MR) is 79.9 cm³/mol. The van der Waals surface area contributed by atoms with Crippen LogP contribution in [-0.2, 0) is 20.0 Å². The van der Waals surface area contributed by atoms with Gasteiger partial charge in [-0.05, 0) is 29.8 Å². The molecule has 0 saturated carbocycles. The topological polar surface area (TPSA) is 43.3 Å². The molecule has 0 radical (unpaired) electrons. The largest absolute Gasteiger partial charge is 0.493 e. The number of carbonyl (C=O) groups excluding carboxylic acids is 1. The van der Waals surface area contributed by atoms with E-state index in [0.717, 1.165) is 22.2 Å². The highest BCUT2D eigenvalue weighted by molar-refractivity contribution is 9.10. The Bertz CT molecular complexity index is 664. The molecule has 0 saturated heterocycles. The minimum Gasteiger partial charge on any atom is -0.493 e. The SMILES string of the molecule is Cn1cccc1C(=O)NCc1cc(Br)cc2c1OCC2. The summed E-state index contributed by atoms with van der Waals surface area (Å²) in [6.45, 7) is 1.18. The van der Waals surface area contributed by atoms with Gasteiger partial charge in [-0.15, -0.1) is 0 Å². The zero-order valence-corrected chi connectivity index (χ0v) is 12.7. The van der Waals surface area contributed by atoms with Crippen molar-refractivity contribution in [2.75, 3.05) is 6.61 Å². The van der Waals surface area contributed by atoms with Crippen molar-refractivity contribution in [1.29, 1.82) is 0 Å². The zero-order valence-electron chi connectivity index (χ0n) is 11.1. The molecule has 1 aromatic heterocycles. The number of carbonyl (C=O) groups is 1. The molecule has 0 unspecified atom stereocenters. The molecular formula is C15H15BrN2O2. The molecule has 0 aliphatic carbocycles. The third-order valence-electron chi connectivity index (χ3n) is 3.44. The maximum absolute atomic E-state index is 12.1. The number of nitrogens with zero attached hydrogens (tertiary/aromatic N) is 1. The smallest absolute Gasteiger partial charge is 0.268 e. The van der Waals surface area contributed by atoms with Crippen LogP contribution in [-0.4, -0.2) is 17.1 Å². The molecule has 104 valence electrons. The fourth-order valence-electron chi connectivity index (χ4n) is 2.44. The number of nitrogens with one attached hydrogen (secondary N) is 1. The van der Waals surface area contributed by atoms with E-state index in [4.69, 9.17) is 4.74 Å². The number of benzene rings is 1. The van der Waals surface area contributed by atoms with E-state index in [0.29, 0.717) is 18.8 Å². The van der Waals surface area contributed by atoms with Gasteiger partial charge in [0.05, 0.1) is 6.61 Å². The monoisotopic (exact) mass is 334 g/mol. The molecule has 1 aromatic carbocycles. The second-order valence-corrected chi connectivity index (χ2v) is 5.75.